The monoisotopic (exact) mass is 257 g/mol. The van der Waals surface area contributed by atoms with Crippen LogP contribution < -0.4 is 10.1 Å². The van der Waals surface area contributed by atoms with E-state index in [-0.39, 0.29) is 6.10 Å². The van der Waals surface area contributed by atoms with E-state index in [2.05, 4.69) is 15.3 Å². The van der Waals surface area contributed by atoms with Crippen molar-refractivity contribution in [2.45, 2.75) is 44.6 Å². The van der Waals surface area contributed by atoms with Gasteiger partial charge in [-0.15, -0.1) is 0 Å². The molecule has 1 aliphatic rings. The van der Waals surface area contributed by atoms with E-state index in [9.17, 15) is 8.78 Å². The second-order valence-corrected chi connectivity index (χ2v) is 4.39. The van der Waals surface area contributed by atoms with Gasteiger partial charge in [-0.2, -0.15) is 4.98 Å². The van der Waals surface area contributed by atoms with E-state index < -0.39 is 13.0 Å². The second kappa shape index (κ2) is 6.47. The molecule has 0 aliphatic heterocycles. The molecule has 0 radical (unpaired) electrons. The minimum Gasteiger partial charge on any atom is -0.473 e. The lowest BCUT2D eigenvalue weighted by atomic mass is 9.98. The molecule has 1 aliphatic carbocycles. The van der Waals surface area contributed by atoms with Gasteiger partial charge in [0.2, 0.25) is 5.88 Å². The minimum atomic E-state index is -2.41. The molecule has 6 heteroatoms. The number of ether oxygens (including phenoxy) is 1. The first-order valence-corrected chi connectivity index (χ1v) is 6.25. The van der Waals surface area contributed by atoms with Gasteiger partial charge in [0.15, 0.2) is 0 Å². The zero-order valence-corrected chi connectivity index (χ0v) is 10.1. The predicted octanol–water partition coefficient (Wildman–Crippen LogP) is 2.87. The molecule has 1 aromatic rings. The fourth-order valence-electron chi connectivity index (χ4n) is 2.03. The zero-order valence-electron chi connectivity index (χ0n) is 10.1. The molecule has 1 saturated carbocycles. The Bertz CT molecular complexity index is 370. The van der Waals surface area contributed by atoms with Crippen molar-refractivity contribution < 1.29 is 13.5 Å². The molecule has 1 aromatic heterocycles. The lowest BCUT2D eigenvalue weighted by Crippen LogP contribution is -2.20. The normalized spacial score (nSPS) is 16.8. The summed E-state index contributed by atoms with van der Waals surface area (Å²) in [5, 5.41) is 2.52. The summed E-state index contributed by atoms with van der Waals surface area (Å²) >= 11 is 0. The van der Waals surface area contributed by atoms with Gasteiger partial charge < -0.3 is 10.1 Å². The highest BCUT2D eigenvalue weighted by atomic mass is 19.3. The number of nitrogens with zero attached hydrogens (tertiary/aromatic N) is 2. The molecule has 0 amide bonds. The third kappa shape index (κ3) is 4.09. The Balaban J connectivity index is 1.89. The van der Waals surface area contributed by atoms with Gasteiger partial charge in [-0.1, -0.05) is 6.42 Å². The largest absolute Gasteiger partial charge is 0.473 e. The number of halogens is 2. The van der Waals surface area contributed by atoms with Crippen LogP contribution in [0.2, 0.25) is 0 Å². The van der Waals surface area contributed by atoms with Gasteiger partial charge in [-0.25, -0.2) is 8.78 Å². The van der Waals surface area contributed by atoms with Crippen molar-refractivity contribution in [3.8, 4) is 5.88 Å². The summed E-state index contributed by atoms with van der Waals surface area (Å²) in [6.07, 6.45) is 6.34. The van der Waals surface area contributed by atoms with E-state index in [1.54, 1.807) is 0 Å². The summed E-state index contributed by atoms with van der Waals surface area (Å²) in [6, 6.07) is 0. The van der Waals surface area contributed by atoms with Gasteiger partial charge in [0.1, 0.15) is 11.9 Å². The molecule has 2 rings (SSSR count). The Kier molecular flexibility index (Phi) is 4.66. The van der Waals surface area contributed by atoms with E-state index in [0.29, 0.717) is 11.7 Å². The fourth-order valence-corrected chi connectivity index (χ4v) is 2.03. The molecule has 1 N–H and O–H groups in total. The van der Waals surface area contributed by atoms with Crippen LogP contribution in [0.4, 0.5) is 14.6 Å². The molecular weight excluding hydrogens is 240 g/mol. The highest BCUT2D eigenvalue weighted by Crippen LogP contribution is 2.22. The topological polar surface area (TPSA) is 47.0 Å². The van der Waals surface area contributed by atoms with Crippen molar-refractivity contribution in [3.63, 3.8) is 0 Å². The van der Waals surface area contributed by atoms with Crippen LogP contribution in [-0.4, -0.2) is 29.0 Å². The maximum atomic E-state index is 12.1. The van der Waals surface area contributed by atoms with Crippen LogP contribution in [-0.2, 0) is 0 Å². The Morgan fingerprint density at radius 1 is 1.28 bits per heavy atom. The van der Waals surface area contributed by atoms with Gasteiger partial charge in [0, 0.05) is 0 Å². The Labute approximate surface area is 105 Å². The first-order valence-electron chi connectivity index (χ1n) is 6.25. The summed E-state index contributed by atoms with van der Waals surface area (Å²) < 4.78 is 29.8. The zero-order chi connectivity index (χ0) is 12.8. The van der Waals surface area contributed by atoms with E-state index in [0.717, 1.165) is 12.8 Å². The van der Waals surface area contributed by atoms with Gasteiger partial charge in [-0.3, -0.25) is 4.98 Å². The molecule has 1 heterocycles. The van der Waals surface area contributed by atoms with Crippen molar-refractivity contribution in [3.05, 3.63) is 12.4 Å². The smallest absolute Gasteiger partial charge is 0.255 e. The molecule has 0 spiro atoms. The van der Waals surface area contributed by atoms with Crippen LogP contribution in [0.1, 0.15) is 32.1 Å². The van der Waals surface area contributed by atoms with Crippen LogP contribution in [0.25, 0.3) is 0 Å². The molecule has 0 bridgehead atoms. The van der Waals surface area contributed by atoms with Crippen LogP contribution >= 0.6 is 0 Å². The van der Waals surface area contributed by atoms with Gasteiger partial charge in [-0.05, 0) is 25.7 Å². The molecule has 100 valence electrons. The SMILES string of the molecule is FC(F)CNc1cncc(OC2CCCCC2)n1. The third-order valence-electron chi connectivity index (χ3n) is 2.89. The number of hydrogen-bond acceptors (Lipinski definition) is 4. The number of aromatic nitrogens is 2. The summed E-state index contributed by atoms with van der Waals surface area (Å²) in [5.74, 6) is 0.727. The van der Waals surface area contributed by atoms with Crippen LogP contribution in [0, 0.1) is 0 Å². The molecule has 18 heavy (non-hydrogen) atoms. The van der Waals surface area contributed by atoms with Gasteiger partial charge in [0.25, 0.3) is 6.43 Å². The molecule has 0 aromatic carbocycles. The molecule has 4 nitrogen and oxygen atoms in total. The van der Waals surface area contributed by atoms with Crippen molar-refractivity contribution in [1.82, 2.24) is 9.97 Å². The molecule has 0 saturated heterocycles. The Hall–Kier alpha value is -1.46. The van der Waals surface area contributed by atoms with E-state index >= 15 is 0 Å². The maximum absolute atomic E-state index is 12.1. The lowest BCUT2D eigenvalue weighted by Gasteiger charge is -2.22. The van der Waals surface area contributed by atoms with Crippen LogP contribution in [0.15, 0.2) is 12.4 Å². The molecule has 0 unspecified atom stereocenters. The lowest BCUT2D eigenvalue weighted by molar-refractivity contribution is 0.148. The molecule has 1 fully saturated rings. The number of alkyl halides is 2. The van der Waals surface area contributed by atoms with E-state index in [1.807, 2.05) is 0 Å². The highest BCUT2D eigenvalue weighted by Gasteiger charge is 2.15. The maximum Gasteiger partial charge on any atom is 0.255 e. The quantitative estimate of drug-likeness (QED) is 0.881. The number of nitrogens with one attached hydrogen (secondary N) is 1. The van der Waals surface area contributed by atoms with E-state index in [4.69, 9.17) is 4.74 Å². The molecule has 0 atom stereocenters. The summed E-state index contributed by atoms with van der Waals surface area (Å²) in [4.78, 5) is 8.04. The van der Waals surface area contributed by atoms with Crippen molar-refractivity contribution >= 4 is 5.82 Å². The van der Waals surface area contributed by atoms with Crippen molar-refractivity contribution in [2.75, 3.05) is 11.9 Å². The van der Waals surface area contributed by atoms with Gasteiger partial charge in [0.05, 0.1) is 18.9 Å². The summed E-state index contributed by atoms with van der Waals surface area (Å²) in [6.45, 7) is -0.429. The fraction of sp³-hybridized carbons (Fsp3) is 0.667. The predicted molar refractivity (Wildman–Crippen MR) is 64.0 cm³/mol. The second-order valence-electron chi connectivity index (χ2n) is 4.39. The average molecular weight is 257 g/mol. The number of hydrogen-bond donors (Lipinski definition) is 1. The number of anilines is 1. The Morgan fingerprint density at radius 2 is 2.06 bits per heavy atom. The summed E-state index contributed by atoms with van der Waals surface area (Å²) in [5.41, 5.74) is 0. The first kappa shape index (κ1) is 13.0. The molecular formula is C12H17F2N3O. The van der Waals surface area contributed by atoms with Crippen molar-refractivity contribution in [1.29, 1.82) is 0 Å². The van der Waals surface area contributed by atoms with Crippen LogP contribution in [0.5, 0.6) is 5.88 Å². The average Bonchev–Trinajstić information content (AvgIpc) is 2.38. The standard InChI is InChI=1S/C12H17F2N3O/c13-10(14)6-16-11-7-15-8-12(17-11)18-9-4-2-1-3-5-9/h7-10H,1-6H2,(H,16,17). The highest BCUT2D eigenvalue weighted by molar-refractivity contribution is 5.33. The third-order valence-corrected chi connectivity index (χ3v) is 2.89. The summed E-state index contributed by atoms with van der Waals surface area (Å²) in [7, 11) is 0. The van der Waals surface area contributed by atoms with E-state index in [1.165, 1.54) is 31.7 Å². The first-order chi connectivity index (χ1) is 8.74. The van der Waals surface area contributed by atoms with Gasteiger partial charge >= 0.3 is 0 Å². The Morgan fingerprint density at radius 3 is 2.78 bits per heavy atom. The van der Waals surface area contributed by atoms with Crippen molar-refractivity contribution in [2.24, 2.45) is 0 Å². The minimum absolute atomic E-state index is 0.179. The number of rotatable bonds is 5. The van der Waals surface area contributed by atoms with Crippen LogP contribution in [0.3, 0.4) is 0 Å².